The lowest BCUT2D eigenvalue weighted by molar-refractivity contribution is -0.274. The zero-order chi connectivity index (χ0) is 22.4. The number of ether oxygens (including phenoxy) is 4. The van der Waals surface area contributed by atoms with Crippen molar-refractivity contribution >= 4 is 12.7 Å². The highest BCUT2D eigenvalue weighted by Crippen LogP contribution is 2.36. The fourth-order valence-electron chi connectivity index (χ4n) is 2.14. The lowest BCUT2D eigenvalue weighted by Crippen LogP contribution is -2.17. The van der Waals surface area contributed by atoms with E-state index in [2.05, 4.69) is 16.4 Å². The number of aliphatic imine (C=N–C) groups is 1. The predicted octanol–water partition coefficient (Wildman–Crippen LogP) is 5.05. The summed E-state index contributed by atoms with van der Waals surface area (Å²) in [5.41, 5.74) is 0.226. The monoisotopic (exact) mass is 415 g/mol. The Morgan fingerprint density at radius 2 is 1.76 bits per heavy atom. The number of nitrogens with zero attached hydrogens (tertiary/aromatic N) is 1. The van der Waals surface area contributed by atoms with Crippen molar-refractivity contribution in [1.29, 1.82) is 0 Å². The van der Waals surface area contributed by atoms with E-state index >= 15 is 0 Å². The first-order valence-electron chi connectivity index (χ1n) is 8.42. The molecule has 0 aliphatic heterocycles. The first-order chi connectivity index (χ1) is 13.3. The quantitative estimate of drug-likeness (QED) is 0.205. The number of benzene rings is 1. The summed E-state index contributed by atoms with van der Waals surface area (Å²) < 4.78 is 56.8. The number of carbonyl (C=O) groups excluding carboxylic acids is 1. The van der Waals surface area contributed by atoms with Gasteiger partial charge < -0.3 is 18.9 Å². The molecule has 0 amide bonds. The van der Waals surface area contributed by atoms with Gasteiger partial charge in [-0.25, -0.2) is 4.79 Å². The van der Waals surface area contributed by atoms with Gasteiger partial charge in [-0.15, -0.1) is 13.2 Å². The minimum Gasteiger partial charge on any atom is -0.493 e. The van der Waals surface area contributed by atoms with Crippen LogP contribution in [0.5, 0.6) is 17.2 Å². The van der Waals surface area contributed by atoms with E-state index in [-0.39, 0.29) is 22.8 Å². The Balaban J connectivity index is 3.46. The maximum Gasteiger partial charge on any atom is 0.573 e. The summed E-state index contributed by atoms with van der Waals surface area (Å²) in [7, 11) is 2.48. The van der Waals surface area contributed by atoms with E-state index in [9.17, 15) is 18.0 Å². The lowest BCUT2D eigenvalue weighted by atomic mass is 9.91. The van der Waals surface area contributed by atoms with Crippen LogP contribution in [0.15, 0.2) is 46.3 Å². The predicted molar refractivity (Wildman–Crippen MR) is 102 cm³/mol. The standard InChI is InChI=1S/C20H24F3NO5/c1-12(18(25)27-7)15(11-17(24-5)19(2,3)4)28-14-9-8-13(10-16(14)26-6)29-20(21,22)23/h8-11H,5H2,1-4,6-7H3/b15-12-,17-11-. The molecular formula is C20H24F3NO5. The van der Waals surface area contributed by atoms with E-state index in [0.717, 1.165) is 12.1 Å². The Bertz CT molecular complexity index is 820. The van der Waals surface area contributed by atoms with Crippen LogP contribution in [0.4, 0.5) is 13.2 Å². The van der Waals surface area contributed by atoms with Gasteiger partial charge in [0, 0.05) is 23.3 Å². The average molecular weight is 415 g/mol. The number of hydrogen-bond acceptors (Lipinski definition) is 6. The molecule has 0 spiro atoms. The summed E-state index contributed by atoms with van der Waals surface area (Å²) >= 11 is 0. The molecule has 0 N–H and O–H groups in total. The van der Waals surface area contributed by atoms with Crippen molar-refractivity contribution in [3.8, 4) is 17.2 Å². The zero-order valence-electron chi connectivity index (χ0n) is 17.1. The van der Waals surface area contributed by atoms with Gasteiger partial charge in [0.1, 0.15) is 11.5 Å². The summed E-state index contributed by atoms with van der Waals surface area (Å²) in [4.78, 5) is 16.0. The smallest absolute Gasteiger partial charge is 0.493 e. The molecule has 0 heterocycles. The van der Waals surface area contributed by atoms with E-state index < -0.39 is 23.5 Å². The van der Waals surface area contributed by atoms with Crippen molar-refractivity contribution in [2.24, 2.45) is 10.4 Å². The third-order valence-electron chi connectivity index (χ3n) is 3.66. The van der Waals surface area contributed by atoms with Crippen molar-refractivity contribution in [2.75, 3.05) is 14.2 Å². The summed E-state index contributed by atoms with van der Waals surface area (Å²) in [6, 6.07) is 3.32. The van der Waals surface area contributed by atoms with E-state index in [0.29, 0.717) is 5.70 Å². The summed E-state index contributed by atoms with van der Waals surface area (Å²) in [6.45, 7) is 10.7. The number of methoxy groups -OCH3 is 2. The molecule has 0 unspecified atom stereocenters. The Hall–Kier alpha value is -2.97. The van der Waals surface area contributed by atoms with Gasteiger partial charge in [0.15, 0.2) is 11.5 Å². The van der Waals surface area contributed by atoms with Gasteiger partial charge >= 0.3 is 12.3 Å². The van der Waals surface area contributed by atoms with Crippen LogP contribution in [-0.4, -0.2) is 33.3 Å². The lowest BCUT2D eigenvalue weighted by Gasteiger charge is -2.20. The normalized spacial score (nSPS) is 13.3. The van der Waals surface area contributed by atoms with Gasteiger partial charge in [0.25, 0.3) is 0 Å². The average Bonchev–Trinajstić information content (AvgIpc) is 2.62. The molecule has 29 heavy (non-hydrogen) atoms. The largest absolute Gasteiger partial charge is 0.573 e. The molecule has 0 bridgehead atoms. The van der Waals surface area contributed by atoms with Crippen LogP contribution in [0, 0.1) is 5.41 Å². The highest BCUT2D eigenvalue weighted by atomic mass is 19.4. The second kappa shape index (κ2) is 9.49. The van der Waals surface area contributed by atoms with Crippen LogP contribution in [-0.2, 0) is 9.53 Å². The SMILES string of the molecule is C=N/C(=C\C(Oc1ccc(OC(F)(F)F)cc1OC)=C(/C)C(=O)OC)C(C)(C)C. The van der Waals surface area contributed by atoms with E-state index in [1.165, 1.54) is 33.3 Å². The van der Waals surface area contributed by atoms with Crippen molar-refractivity contribution in [2.45, 2.75) is 34.1 Å². The highest BCUT2D eigenvalue weighted by molar-refractivity contribution is 5.88. The molecule has 6 nitrogen and oxygen atoms in total. The van der Waals surface area contributed by atoms with Crippen LogP contribution in [0.3, 0.4) is 0 Å². The number of allylic oxidation sites excluding steroid dienone is 2. The molecule has 0 atom stereocenters. The van der Waals surface area contributed by atoms with Crippen molar-refractivity contribution in [1.82, 2.24) is 0 Å². The third-order valence-corrected chi connectivity index (χ3v) is 3.66. The number of hydrogen-bond donors (Lipinski definition) is 0. The molecule has 0 aliphatic carbocycles. The van der Waals surface area contributed by atoms with Gasteiger partial charge in [0.2, 0.25) is 0 Å². The van der Waals surface area contributed by atoms with Gasteiger partial charge in [-0.2, -0.15) is 0 Å². The molecular weight excluding hydrogens is 391 g/mol. The van der Waals surface area contributed by atoms with Crippen LogP contribution in [0.25, 0.3) is 0 Å². The van der Waals surface area contributed by atoms with Crippen molar-refractivity contribution in [3.63, 3.8) is 0 Å². The molecule has 160 valence electrons. The number of halogens is 3. The van der Waals surface area contributed by atoms with Crippen molar-refractivity contribution < 1.29 is 36.9 Å². The van der Waals surface area contributed by atoms with E-state index in [1.807, 2.05) is 20.8 Å². The Labute approximate surface area is 167 Å². The van der Waals surface area contributed by atoms with Gasteiger partial charge in [-0.1, -0.05) is 20.8 Å². The maximum atomic E-state index is 12.4. The number of rotatable bonds is 7. The molecule has 1 aromatic rings. The maximum absolute atomic E-state index is 12.4. The molecule has 0 fully saturated rings. The Morgan fingerprint density at radius 1 is 1.14 bits per heavy atom. The van der Waals surface area contributed by atoms with Crippen LogP contribution < -0.4 is 14.2 Å². The second-order valence-corrected chi connectivity index (χ2v) is 6.88. The van der Waals surface area contributed by atoms with Crippen LogP contribution in [0.1, 0.15) is 27.7 Å². The first-order valence-corrected chi connectivity index (χ1v) is 8.42. The molecule has 0 radical (unpaired) electrons. The molecule has 0 aromatic heterocycles. The summed E-state index contributed by atoms with van der Waals surface area (Å²) in [5, 5.41) is 0. The second-order valence-electron chi connectivity index (χ2n) is 6.88. The fourth-order valence-corrected chi connectivity index (χ4v) is 2.14. The molecule has 9 heteroatoms. The van der Waals surface area contributed by atoms with E-state index in [4.69, 9.17) is 14.2 Å². The first kappa shape index (κ1) is 24.1. The molecule has 0 saturated carbocycles. The Morgan fingerprint density at radius 3 is 2.21 bits per heavy atom. The minimum absolute atomic E-state index is 0.0285. The molecule has 1 aromatic carbocycles. The zero-order valence-corrected chi connectivity index (χ0v) is 17.1. The van der Waals surface area contributed by atoms with Crippen LogP contribution in [0.2, 0.25) is 0 Å². The van der Waals surface area contributed by atoms with Gasteiger partial charge in [0.05, 0.1) is 19.8 Å². The summed E-state index contributed by atoms with van der Waals surface area (Å²) in [5.74, 6) is -1.01. The van der Waals surface area contributed by atoms with Crippen molar-refractivity contribution in [3.05, 3.63) is 41.3 Å². The third kappa shape index (κ3) is 7.17. The van der Waals surface area contributed by atoms with Gasteiger partial charge in [-0.3, -0.25) is 4.99 Å². The number of esters is 1. The topological polar surface area (TPSA) is 66.3 Å². The summed E-state index contributed by atoms with van der Waals surface area (Å²) in [6.07, 6.45) is -3.33. The van der Waals surface area contributed by atoms with E-state index in [1.54, 1.807) is 0 Å². The fraction of sp³-hybridized carbons (Fsp3) is 0.400. The molecule has 0 saturated heterocycles. The van der Waals surface area contributed by atoms with Crippen LogP contribution >= 0.6 is 0 Å². The Kier molecular flexibility index (Phi) is 7.87. The molecule has 0 aliphatic rings. The highest BCUT2D eigenvalue weighted by Gasteiger charge is 2.31. The number of alkyl halides is 3. The minimum atomic E-state index is -4.85. The molecule has 1 rings (SSSR count). The van der Waals surface area contributed by atoms with Gasteiger partial charge in [-0.05, 0) is 25.8 Å². The number of carbonyl (C=O) groups is 1.